The van der Waals surface area contributed by atoms with Crippen molar-refractivity contribution in [3.05, 3.63) is 30.3 Å². The average Bonchev–Trinajstić information content (AvgIpc) is 2.68. The van der Waals surface area contributed by atoms with Gasteiger partial charge in [0.05, 0.1) is 5.69 Å². The van der Waals surface area contributed by atoms with Crippen molar-refractivity contribution in [3.8, 4) is 0 Å². The van der Waals surface area contributed by atoms with Crippen molar-refractivity contribution in [2.75, 3.05) is 11.6 Å². The van der Waals surface area contributed by atoms with Gasteiger partial charge in [-0.2, -0.15) is 5.10 Å². The number of nitrogens with two attached hydrogens (primary N) is 1. The molecule has 0 bridgehead atoms. The Morgan fingerprint density at radius 2 is 2.07 bits per heavy atom. The van der Waals surface area contributed by atoms with Crippen LogP contribution in [0.4, 0.5) is 5.69 Å². The SMILES string of the molecule is N=C(N)C1=NN(c2ccccc2)CC1. The molecule has 0 atom stereocenters. The van der Waals surface area contributed by atoms with Crippen LogP contribution in [-0.2, 0) is 0 Å². The Balaban J connectivity index is 2.20. The fraction of sp³-hybridized carbons (Fsp3) is 0.200. The van der Waals surface area contributed by atoms with Crippen LogP contribution in [0.25, 0.3) is 0 Å². The minimum Gasteiger partial charge on any atom is -0.383 e. The van der Waals surface area contributed by atoms with Gasteiger partial charge in [0, 0.05) is 13.0 Å². The predicted octanol–water partition coefficient (Wildman–Crippen LogP) is 1.19. The molecule has 0 saturated carbocycles. The quantitative estimate of drug-likeness (QED) is 0.540. The molecule has 0 spiro atoms. The molecule has 3 N–H and O–H groups in total. The van der Waals surface area contributed by atoms with Gasteiger partial charge in [-0.25, -0.2) is 0 Å². The van der Waals surface area contributed by atoms with Crippen molar-refractivity contribution in [3.63, 3.8) is 0 Å². The molecule has 1 aromatic carbocycles. The third-order valence-electron chi connectivity index (χ3n) is 2.17. The lowest BCUT2D eigenvalue weighted by atomic mass is 10.2. The largest absolute Gasteiger partial charge is 0.383 e. The minimum absolute atomic E-state index is 0.0726. The summed E-state index contributed by atoms with van der Waals surface area (Å²) in [5, 5.41) is 13.4. The van der Waals surface area contributed by atoms with Gasteiger partial charge in [0.15, 0.2) is 0 Å². The molecule has 72 valence electrons. The van der Waals surface area contributed by atoms with Gasteiger partial charge in [0.1, 0.15) is 11.5 Å². The maximum absolute atomic E-state index is 7.26. The number of amidine groups is 1. The van der Waals surface area contributed by atoms with E-state index in [4.69, 9.17) is 11.1 Å². The molecule has 14 heavy (non-hydrogen) atoms. The number of rotatable bonds is 2. The van der Waals surface area contributed by atoms with Crippen LogP contribution in [0.3, 0.4) is 0 Å². The van der Waals surface area contributed by atoms with E-state index < -0.39 is 0 Å². The van der Waals surface area contributed by atoms with Crippen LogP contribution >= 0.6 is 0 Å². The van der Waals surface area contributed by atoms with E-state index in [1.54, 1.807) is 0 Å². The zero-order chi connectivity index (χ0) is 9.97. The van der Waals surface area contributed by atoms with E-state index >= 15 is 0 Å². The van der Waals surface area contributed by atoms with E-state index in [1.807, 2.05) is 35.3 Å². The predicted molar refractivity (Wildman–Crippen MR) is 57.8 cm³/mol. The number of nitrogens with one attached hydrogen (secondary N) is 1. The molecular weight excluding hydrogens is 176 g/mol. The molecule has 0 radical (unpaired) electrons. The van der Waals surface area contributed by atoms with Crippen LogP contribution in [-0.4, -0.2) is 18.1 Å². The summed E-state index contributed by atoms with van der Waals surface area (Å²) in [6.45, 7) is 0.804. The van der Waals surface area contributed by atoms with E-state index in [2.05, 4.69) is 5.10 Å². The first-order valence-electron chi connectivity index (χ1n) is 4.52. The molecule has 1 aliphatic rings. The maximum atomic E-state index is 7.26. The number of para-hydroxylation sites is 1. The highest BCUT2D eigenvalue weighted by molar-refractivity contribution is 6.40. The fourth-order valence-electron chi connectivity index (χ4n) is 1.43. The third-order valence-corrected chi connectivity index (χ3v) is 2.17. The molecule has 4 nitrogen and oxygen atoms in total. The van der Waals surface area contributed by atoms with Crippen LogP contribution in [0.1, 0.15) is 6.42 Å². The highest BCUT2D eigenvalue weighted by Gasteiger charge is 2.16. The van der Waals surface area contributed by atoms with Crippen LogP contribution in [0, 0.1) is 5.41 Å². The summed E-state index contributed by atoms with van der Waals surface area (Å²) in [7, 11) is 0. The van der Waals surface area contributed by atoms with E-state index in [9.17, 15) is 0 Å². The van der Waals surface area contributed by atoms with Gasteiger partial charge in [-0.3, -0.25) is 10.4 Å². The van der Waals surface area contributed by atoms with E-state index in [-0.39, 0.29) is 5.84 Å². The number of hydrogen-bond acceptors (Lipinski definition) is 3. The van der Waals surface area contributed by atoms with Crippen LogP contribution in [0.2, 0.25) is 0 Å². The average molecular weight is 188 g/mol. The first kappa shape index (κ1) is 8.74. The zero-order valence-corrected chi connectivity index (χ0v) is 7.77. The lowest BCUT2D eigenvalue weighted by Crippen LogP contribution is -2.20. The van der Waals surface area contributed by atoms with Gasteiger partial charge in [-0.15, -0.1) is 0 Å². The monoisotopic (exact) mass is 188 g/mol. The Kier molecular flexibility index (Phi) is 2.18. The molecule has 0 aromatic heterocycles. The molecule has 0 fully saturated rings. The number of benzene rings is 1. The van der Waals surface area contributed by atoms with E-state index in [0.717, 1.165) is 18.7 Å². The first-order chi connectivity index (χ1) is 6.77. The first-order valence-corrected chi connectivity index (χ1v) is 4.52. The summed E-state index contributed by atoms with van der Waals surface area (Å²) in [4.78, 5) is 0. The number of hydrazone groups is 1. The van der Waals surface area contributed by atoms with Crippen LogP contribution in [0.5, 0.6) is 0 Å². The second-order valence-electron chi connectivity index (χ2n) is 3.17. The summed E-state index contributed by atoms with van der Waals surface area (Å²) in [6, 6.07) is 9.89. The Hall–Kier alpha value is -1.84. The van der Waals surface area contributed by atoms with E-state index in [0.29, 0.717) is 5.71 Å². The molecule has 0 unspecified atom stereocenters. The van der Waals surface area contributed by atoms with Gasteiger partial charge in [-0.1, -0.05) is 18.2 Å². The van der Waals surface area contributed by atoms with Crippen molar-refractivity contribution in [1.82, 2.24) is 0 Å². The Morgan fingerprint density at radius 1 is 1.36 bits per heavy atom. The second kappa shape index (κ2) is 3.49. The summed E-state index contributed by atoms with van der Waals surface area (Å²) < 4.78 is 0. The highest BCUT2D eigenvalue weighted by atomic mass is 15.5. The molecule has 0 amide bonds. The van der Waals surface area contributed by atoms with Crippen LogP contribution < -0.4 is 10.7 Å². The van der Waals surface area contributed by atoms with Gasteiger partial charge in [0.25, 0.3) is 0 Å². The van der Waals surface area contributed by atoms with Gasteiger partial charge in [0.2, 0.25) is 0 Å². The molecular formula is C10H12N4. The maximum Gasteiger partial charge on any atom is 0.139 e. The minimum atomic E-state index is 0.0726. The standard InChI is InChI=1S/C10H12N4/c11-10(12)9-6-7-14(13-9)8-4-2-1-3-5-8/h1-5H,6-7H2,(H3,11,12). The zero-order valence-electron chi connectivity index (χ0n) is 7.77. The lowest BCUT2D eigenvalue weighted by molar-refractivity contribution is 0.922. The van der Waals surface area contributed by atoms with Gasteiger partial charge in [-0.05, 0) is 12.1 Å². The van der Waals surface area contributed by atoms with Crippen LogP contribution in [0.15, 0.2) is 35.4 Å². The molecule has 1 aromatic rings. The van der Waals surface area contributed by atoms with Crippen molar-refractivity contribution in [2.45, 2.75) is 6.42 Å². The topological polar surface area (TPSA) is 65.5 Å². The van der Waals surface area contributed by atoms with Gasteiger partial charge < -0.3 is 5.73 Å². The molecule has 0 saturated heterocycles. The molecule has 2 rings (SSSR count). The van der Waals surface area contributed by atoms with Crippen molar-refractivity contribution in [2.24, 2.45) is 10.8 Å². The number of hydrogen-bond donors (Lipinski definition) is 2. The molecule has 1 aliphatic heterocycles. The number of nitrogens with zero attached hydrogens (tertiary/aromatic N) is 2. The Bertz CT molecular complexity index is 369. The van der Waals surface area contributed by atoms with Gasteiger partial charge >= 0.3 is 0 Å². The third kappa shape index (κ3) is 1.59. The Morgan fingerprint density at radius 3 is 2.64 bits per heavy atom. The smallest absolute Gasteiger partial charge is 0.139 e. The highest BCUT2D eigenvalue weighted by Crippen LogP contribution is 2.18. The second-order valence-corrected chi connectivity index (χ2v) is 3.17. The van der Waals surface area contributed by atoms with E-state index in [1.165, 1.54) is 0 Å². The summed E-state index contributed by atoms with van der Waals surface area (Å²) in [6.07, 6.45) is 0.754. The lowest BCUT2D eigenvalue weighted by Gasteiger charge is -2.12. The van der Waals surface area contributed by atoms with Crippen molar-refractivity contribution in [1.29, 1.82) is 5.41 Å². The number of anilines is 1. The van der Waals surface area contributed by atoms with Crippen molar-refractivity contribution < 1.29 is 0 Å². The molecule has 4 heteroatoms. The summed E-state index contributed by atoms with van der Waals surface area (Å²) in [5.41, 5.74) is 7.08. The summed E-state index contributed by atoms with van der Waals surface area (Å²) >= 11 is 0. The fourth-order valence-corrected chi connectivity index (χ4v) is 1.43. The molecule has 1 heterocycles. The normalized spacial score (nSPS) is 15.4. The molecule has 0 aliphatic carbocycles. The summed E-state index contributed by atoms with van der Waals surface area (Å²) in [5.74, 6) is 0.0726. The van der Waals surface area contributed by atoms with Crippen molar-refractivity contribution >= 4 is 17.2 Å². The Labute approximate surface area is 82.5 Å².